The quantitative estimate of drug-likeness (QED) is 0.302. The average Bonchev–Trinajstić information content (AvgIpc) is 2.80. The second-order valence-corrected chi connectivity index (χ2v) is 15.4. The maximum atomic E-state index is 13.3. The number of rotatable bonds is 4. The van der Waals surface area contributed by atoms with E-state index in [0.29, 0.717) is 0 Å². The van der Waals surface area contributed by atoms with Gasteiger partial charge in [-0.1, -0.05) is 0 Å². The van der Waals surface area contributed by atoms with Crippen molar-refractivity contribution in [2.45, 2.75) is 6.18 Å². The SMILES string of the molecule is FC(F)(F)c1ccc(P(Br)(c2ccccc2)(c2ccccc2)c2ccccc2)cc1. The van der Waals surface area contributed by atoms with Crippen LogP contribution >= 0.6 is 20.8 Å². The first-order valence-corrected chi connectivity index (χ1v) is 13.7. The third-order valence-corrected chi connectivity index (χ3v) is 15.4. The van der Waals surface area contributed by atoms with Crippen LogP contribution in [0.3, 0.4) is 0 Å². The second-order valence-electron chi connectivity index (χ2n) is 7.06. The van der Waals surface area contributed by atoms with Gasteiger partial charge < -0.3 is 0 Å². The van der Waals surface area contributed by atoms with Gasteiger partial charge in [-0.05, 0) is 0 Å². The van der Waals surface area contributed by atoms with Gasteiger partial charge in [-0.3, -0.25) is 0 Å². The summed E-state index contributed by atoms with van der Waals surface area (Å²) >= 11 is 4.25. The van der Waals surface area contributed by atoms with Gasteiger partial charge >= 0.3 is 182 Å². The van der Waals surface area contributed by atoms with Gasteiger partial charge in [-0.15, -0.1) is 0 Å². The molecule has 0 atom stereocenters. The molecule has 0 nitrogen and oxygen atoms in total. The number of alkyl halides is 3. The predicted octanol–water partition coefficient (Wildman–Crippen LogP) is 6.17. The van der Waals surface area contributed by atoms with Crippen LogP contribution in [0.2, 0.25) is 0 Å². The summed E-state index contributed by atoms with van der Waals surface area (Å²) in [6.45, 7) is 0. The molecule has 0 fully saturated rings. The first-order valence-electron chi connectivity index (χ1n) is 9.43. The summed E-state index contributed by atoms with van der Waals surface area (Å²) in [5, 5.41) is 0.445. The summed E-state index contributed by atoms with van der Waals surface area (Å²) < 4.78 is 39.8. The van der Waals surface area contributed by atoms with Crippen molar-refractivity contribution in [3.8, 4) is 0 Å². The molecule has 4 aromatic carbocycles. The summed E-state index contributed by atoms with van der Waals surface area (Å²) in [4.78, 5) is 0. The molecule has 0 aliphatic heterocycles. The first kappa shape index (κ1) is 20.8. The van der Waals surface area contributed by atoms with Crippen molar-refractivity contribution in [3.63, 3.8) is 0 Å². The van der Waals surface area contributed by atoms with Gasteiger partial charge in [-0.25, -0.2) is 0 Å². The van der Waals surface area contributed by atoms with Gasteiger partial charge in [0, 0.05) is 0 Å². The van der Waals surface area contributed by atoms with Crippen LogP contribution in [0.15, 0.2) is 115 Å². The van der Waals surface area contributed by atoms with Crippen molar-refractivity contribution in [2.24, 2.45) is 0 Å². The van der Waals surface area contributed by atoms with E-state index in [2.05, 4.69) is 15.5 Å². The third kappa shape index (κ3) is 3.19. The van der Waals surface area contributed by atoms with Gasteiger partial charge in [0.15, 0.2) is 0 Å². The van der Waals surface area contributed by atoms with E-state index >= 15 is 0 Å². The molecule has 0 saturated heterocycles. The summed E-state index contributed by atoms with van der Waals surface area (Å²) in [6.07, 6.45) is -4.38. The summed E-state index contributed by atoms with van der Waals surface area (Å²) in [7, 11) is 0. The zero-order chi connectivity index (χ0) is 21.3. The van der Waals surface area contributed by atoms with E-state index in [9.17, 15) is 13.2 Å². The van der Waals surface area contributed by atoms with Crippen LogP contribution in [0, 0.1) is 0 Å². The van der Waals surface area contributed by atoms with Crippen molar-refractivity contribution in [1.29, 1.82) is 0 Å². The summed E-state index contributed by atoms with van der Waals surface area (Å²) in [6, 6.07) is 35.5. The molecule has 0 amide bonds. The van der Waals surface area contributed by atoms with Gasteiger partial charge in [0.1, 0.15) is 0 Å². The Morgan fingerprint density at radius 2 is 0.767 bits per heavy atom. The summed E-state index contributed by atoms with van der Waals surface area (Å²) in [5.74, 6) is 0. The molecule has 0 bridgehead atoms. The monoisotopic (exact) mass is 486 g/mol. The Hall–Kier alpha value is -2.42. The van der Waals surface area contributed by atoms with Gasteiger partial charge in [0.2, 0.25) is 0 Å². The van der Waals surface area contributed by atoms with E-state index in [1.54, 1.807) is 12.1 Å². The standard InChI is InChI=1S/C25H19BrF3P/c26-30(21-10-4-1-5-11-21,22-12-6-2-7-13-22,23-14-8-3-9-15-23)24-18-16-20(17-19-24)25(27,28)29/h1-19H. The number of halogens is 4. The zero-order valence-corrected chi connectivity index (χ0v) is 18.4. The number of benzene rings is 4. The van der Waals surface area contributed by atoms with E-state index in [-0.39, 0.29) is 0 Å². The second kappa shape index (κ2) is 7.68. The Labute approximate surface area is 182 Å². The Morgan fingerprint density at radius 1 is 0.467 bits per heavy atom. The first-order chi connectivity index (χ1) is 14.4. The van der Waals surface area contributed by atoms with Crippen LogP contribution in [0.4, 0.5) is 13.2 Å². The molecule has 0 radical (unpaired) electrons. The molecule has 0 heterocycles. The van der Waals surface area contributed by atoms with E-state index in [1.165, 1.54) is 12.1 Å². The summed E-state index contributed by atoms with van der Waals surface area (Å²) in [5.41, 5.74) is -0.655. The van der Waals surface area contributed by atoms with E-state index < -0.39 is 17.0 Å². The van der Waals surface area contributed by atoms with Crippen molar-refractivity contribution >= 4 is 42.0 Å². The van der Waals surface area contributed by atoms with Gasteiger partial charge in [0.05, 0.1) is 0 Å². The molecule has 0 unspecified atom stereocenters. The molecule has 0 saturated carbocycles. The van der Waals surface area contributed by atoms with Crippen molar-refractivity contribution < 1.29 is 13.2 Å². The van der Waals surface area contributed by atoms with Crippen LogP contribution in [-0.4, -0.2) is 0 Å². The Bertz CT molecular complexity index is 1030. The molecular weight excluding hydrogens is 468 g/mol. The maximum absolute atomic E-state index is 13.3. The molecule has 4 rings (SSSR count). The molecule has 4 aromatic rings. The fraction of sp³-hybridized carbons (Fsp3) is 0.0400. The molecule has 0 N–H and O–H groups in total. The third-order valence-electron chi connectivity index (χ3n) is 5.40. The van der Waals surface area contributed by atoms with Crippen molar-refractivity contribution in [3.05, 3.63) is 121 Å². The predicted molar refractivity (Wildman–Crippen MR) is 125 cm³/mol. The van der Waals surface area contributed by atoms with E-state index in [0.717, 1.165) is 21.2 Å². The van der Waals surface area contributed by atoms with Crippen molar-refractivity contribution in [2.75, 3.05) is 0 Å². The normalized spacial score (nSPS) is 13.4. The van der Waals surface area contributed by atoms with Crippen LogP contribution in [-0.2, 0) is 6.18 Å². The van der Waals surface area contributed by atoms with E-state index in [1.807, 2.05) is 91.0 Å². The minimum atomic E-state index is -4.38. The fourth-order valence-electron chi connectivity index (χ4n) is 3.95. The number of hydrogen-bond donors (Lipinski definition) is 0. The Kier molecular flexibility index (Phi) is 5.34. The van der Waals surface area contributed by atoms with Gasteiger partial charge in [-0.2, -0.15) is 0 Å². The Morgan fingerprint density at radius 3 is 1.07 bits per heavy atom. The molecule has 0 aromatic heterocycles. The Balaban J connectivity index is 2.15. The van der Waals surface area contributed by atoms with Crippen LogP contribution in [0.5, 0.6) is 0 Å². The van der Waals surface area contributed by atoms with Crippen molar-refractivity contribution in [1.82, 2.24) is 0 Å². The molecule has 5 heteroatoms. The molecule has 0 spiro atoms. The van der Waals surface area contributed by atoms with E-state index in [4.69, 9.17) is 0 Å². The van der Waals surface area contributed by atoms with Crippen LogP contribution in [0.25, 0.3) is 0 Å². The molecular formula is C25H19BrF3P. The van der Waals surface area contributed by atoms with Crippen LogP contribution in [0.1, 0.15) is 5.56 Å². The zero-order valence-electron chi connectivity index (χ0n) is 15.9. The van der Waals surface area contributed by atoms with Crippen LogP contribution < -0.4 is 21.2 Å². The molecule has 0 aliphatic carbocycles. The van der Waals surface area contributed by atoms with Gasteiger partial charge in [0.25, 0.3) is 0 Å². The average molecular weight is 487 g/mol. The number of hydrogen-bond acceptors (Lipinski definition) is 0. The molecule has 30 heavy (non-hydrogen) atoms. The molecule has 0 aliphatic rings. The fourth-order valence-corrected chi connectivity index (χ4v) is 11.5. The topological polar surface area (TPSA) is 0 Å². The molecule has 152 valence electrons. The minimum absolute atomic E-state index is 0.655.